The van der Waals surface area contributed by atoms with Crippen molar-refractivity contribution >= 4 is 32.7 Å². The molecule has 1 aliphatic rings. The van der Waals surface area contributed by atoms with Crippen LogP contribution in [0.4, 0.5) is 0 Å². The third-order valence-corrected chi connectivity index (χ3v) is 7.15. The van der Waals surface area contributed by atoms with E-state index in [1.165, 1.54) is 12.8 Å². The number of benzene rings is 3. The largest absolute Gasteiger partial charge is 0.493 e. The van der Waals surface area contributed by atoms with Crippen LogP contribution in [0.25, 0.3) is 44.1 Å². The van der Waals surface area contributed by atoms with Gasteiger partial charge in [-0.05, 0) is 87.9 Å². The molecule has 0 amide bonds. The molecule has 5 aromatic rings. The predicted molar refractivity (Wildman–Crippen MR) is 147 cm³/mol. The third-order valence-electron chi connectivity index (χ3n) is 7.15. The first-order valence-electron chi connectivity index (χ1n) is 12.9. The van der Waals surface area contributed by atoms with Gasteiger partial charge in [-0.25, -0.2) is 9.97 Å². The van der Waals surface area contributed by atoms with E-state index in [1.54, 1.807) is 18.2 Å². The van der Waals surface area contributed by atoms with Crippen LogP contribution >= 0.6 is 0 Å². The zero-order valence-corrected chi connectivity index (χ0v) is 21.4. The molecule has 7 heteroatoms. The number of ether oxygens (including phenoxy) is 1. The Morgan fingerprint density at radius 3 is 2.32 bits per heavy atom. The van der Waals surface area contributed by atoms with Crippen LogP contribution in [0, 0.1) is 28.6 Å². The maximum Gasteiger partial charge on any atom is 0.163 e. The van der Waals surface area contributed by atoms with Crippen LogP contribution in [0.5, 0.6) is 5.75 Å². The molecule has 0 spiro atoms. The van der Waals surface area contributed by atoms with Gasteiger partial charge < -0.3 is 14.8 Å². The van der Waals surface area contributed by atoms with Crippen LogP contribution < -0.4 is 4.74 Å². The van der Waals surface area contributed by atoms with E-state index >= 15 is 0 Å². The van der Waals surface area contributed by atoms with E-state index in [9.17, 15) is 15.6 Å². The standard InChI is InChI=1S/C31H27N5O2/c1-31(2,37)13-12-21-8-10-24-27(34-21)25-14-22(38-17-18-6-7-18)9-11-23(25)28-29(24)36-30(35-28)26-19(15-32)4-3-5-20(26)16-33/h3-5,8-11,14,18,34,37H,6-7,12-13,17H2,1-2H3. The summed E-state index contributed by atoms with van der Waals surface area (Å²) in [7, 11) is 0. The number of fused-ring (bicyclic) bond motifs is 6. The van der Waals surface area contributed by atoms with E-state index in [4.69, 9.17) is 14.7 Å². The van der Waals surface area contributed by atoms with Gasteiger partial charge in [0.25, 0.3) is 0 Å². The maximum atomic E-state index is 10.3. The fourth-order valence-electron chi connectivity index (χ4n) is 4.87. The normalized spacial score (nSPS) is 13.6. The highest BCUT2D eigenvalue weighted by molar-refractivity contribution is 6.22. The van der Waals surface area contributed by atoms with Gasteiger partial charge in [-0.15, -0.1) is 0 Å². The number of imidazole rings is 1. The maximum absolute atomic E-state index is 10.3. The minimum Gasteiger partial charge on any atom is -0.493 e. The summed E-state index contributed by atoms with van der Waals surface area (Å²) in [4.78, 5) is 13.4. The highest BCUT2D eigenvalue weighted by Gasteiger charge is 2.23. The molecule has 1 saturated carbocycles. The number of H-pyrrole nitrogens is 1. The molecule has 1 aliphatic carbocycles. The van der Waals surface area contributed by atoms with E-state index in [2.05, 4.69) is 17.1 Å². The van der Waals surface area contributed by atoms with E-state index in [1.807, 2.05) is 44.2 Å². The number of rotatable bonds is 7. The molecule has 2 N–H and O–H groups in total. The molecule has 6 rings (SSSR count). The van der Waals surface area contributed by atoms with Gasteiger partial charge in [0, 0.05) is 21.9 Å². The van der Waals surface area contributed by atoms with Gasteiger partial charge in [0.1, 0.15) is 11.3 Å². The van der Waals surface area contributed by atoms with Crippen molar-refractivity contribution in [3.8, 4) is 29.3 Å². The van der Waals surface area contributed by atoms with Crippen LogP contribution in [0.15, 0.2) is 48.5 Å². The van der Waals surface area contributed by atoms with E-state index in [-0.39, 0.29) is 0 Å². The molecule has 38 heavy (non-hydrogen) atoms. The van der Waals surface area contributed by atoms with Gasteiger partial charge in [0.05, 0.1) is 52.1 Å². The highest BCUT2D eigenvalue weighted by atomic mass is 16.5. The van der Waals surface area contributed by atoms with Crippen molar-refractivity contribution in [1.82, 2.24) is 15.0 Å². The molecular weight excluding hydrogens is 474 g/mol. The zero-order chi connectivity index (χ0) is 26.4. The van der Waals surface area contributed by atoms with Crippen LogP contribution in [-0.4, -0.2) is 32.3 Å². The first kappa shape index (κ1) is 23.9. The summed E-state index contributed by atoms with van der Waals surface area (Å²) in [5.41, 5.74) is 3.75. The molecular formula is C31H27N5O2. The van der Waals surface area contributed by atoms with Gasteiger partial charge in [-0.1, -0.05) is 6.07 Å². The lowest BCUT2D eigenvalue weighted by atomic mass is 9.99. The molecule has 0 atom stereocenters. The second kappa shape index (κ2) is 9.13. The topological polar surface area (TPSA) is 119 Å². The number of nitrogens with zero attached hydrogens (tertiary/aromatic N) is 4. The van der Waals surface area contributed by atoms with Gasteiger partial charge in [0.2, 0.25) is 0 Å². The van der Waals surface area contributed by atoms with Crippen molar-refractivity contribution < 1.29 is 9.84 Å². The summed E-state index contributed by atoms with van der Waals surface area (Å²) in [6.45, 7) is 4.34. The minimum absolute atomic E-state index is 0.364. The van der Waals surface area contributed by atoms with Crippen LogP contribution in [0.3, 0.4) is 0 Å². The number of aromatic nitrogens is 3. The van der Waals surface area contributed by atoms with Crippen molar-refractivity contribution in [2.75, 3.05) is 6.61 Å². The molecule has 3 aromatic carbocycles. The smallest absolute Gasteiger partial charge is 0.163 e. The van der Waals surface area contributed by atoms with Crippen molar-refractivity contribution in [2.24, 2.45) is 5.92 Å². The number of nitrogens with one attached hydrogen (secondary N) is 1. The molecule has 188 valence electrons. The second-order valence-corrected chi connectivity index (χ2v) is 10.7. The summed E-state index contributed by atoms with van der Waals surface area (Å²) in [5, 5.41) is 32.5. The Bertz CT molecular complexity index is 1760. The van der Waals surface area contributed by atoms with E-state index in [0.29, 0.717) is 58.9 Å². The lowest BCUT2D eigenvalue weighted by molar-refractivity contribution is 0.0711. The SMILES string of the molecule is CC(C)(O)CCc1ccc2c3nc(-c4c(C#N)cccc4C#N)nc3c3ccc(OCC4CC4)cc3c2[nH]1. The predicted octanol–water partition coefficient (Wildman–Crippen LogP) is 6.17. The van der Waals surface area contributed by atoms with E-state index in [0.717, 1.165) is 33.1 Å². The van der Waals surface area contributed by atoms with Crippen molar-refractivity contribution in [2.45, 2.75) is 45.1 Å². The summed E-state index contributed by atoms with van der Waals surface area (Å²) in [5.74, 6) is 1.81. The first-order chi connectivity index (χ1) is 18.3. The molecule has 0 unspecified atom stereocenters. The van der Waals surface area contributed by atoms with Crippen molar-refractivity contribution in [3.63, 3.8) is 0 Å². The lowest BCUT2D eigenvalue weighted by Crippen LogP contribution is -2.19. The Balaban J connectivity index is 1.59. The highest BCUT2D eigenvalue weighted by Crippen LogP contribution is 2.38. The Morgan fingerprint density at radius 1 is 0.974 bits per heavy atom. The molecule has 2 heterocycles. The molecule has 0 saturated heterocycles. The zero-order valence-electron chi connectivity index (χ0n) is 21.4. The summed E-state index contributed by atoms with van der Waals surface area (Å²) in [6, 6.07) is 19.5. The Hall–Kier alpha value is -4.46. The van der Waals surface area contributed by atoms with Crippen LogP contribution in [0.2, 0.25) is 0 Å². The number of aliphatic hydroxyl groups is 1. The van der Waals surface area contributed by atoms with Gasteiger partial charge >= 0.3 is 0 Å². The monoisotopic (exact) mass is 501 g/mol. The summed E-state index contributed by atoms with van der Waals surface area (Å²) >= 11 is 0. The quantitative estimate of drug-likeness (QED) is 0.258. The fourth-order valence-corrected chi connectivity index (χ4v) is 4.87. The van der Waals surface area contributed by atoms with Gasteiger partial charge in [0.15, 0.2) is 5.82 Å². The van der Waals surface area contributed by atoms with Gasteiger partial charge in [-0.3, -0.25) is 0 Å². The van der Waals surface area contributed by atoms with Crippen molar-refractivity contribution in [1.29, 1.82) is 10.5 Å². The number of hydrogen-bond acceptors (Lipinski definition) is 6. The third kappa shape index (κ3) is 4.42. The summed E-state index contributed by atoms with van der Waals surface area (Å²) < 4.78 is 6.10. The minimum atomic E-state index is -0.767. The number of aromatic amines is 1. The summed E-state index contributed by atoms with van der Waals surface area (Å²) in [6.07, 6.45) is 3.75. The molecule has 0 bridgehead atoms. The molecule has 0 aliphatic heterocycles. The lowest BCUT2D eigenvalue weighted by Gasteiger charge is -2.17. The number of pyridine rings is 1. The number of nitriles is 2. The Kier molecular flexibility index (Phi) is 5.75. The fraction of sp³-hybridized carbons (Fsp3) is 0.290. The van der Waals surface area contributed by atoms with Gasteiger partial charge in [-0.2, -0.15) is 10.5 Å². The average molecular weight is 502 g/mol. The molecule has 0 radical (unpaired) electrons. The molecule has 1 fully saturated rings. The first-order valence-corrected chi connectivity index (χ1v) is 12.9. The van der Waals surface area contributed by atoms with E-state index < -0.39 is 5.60 Å². The van der Waals surface area contributed by atoms with Crippen LogP contribution in [-0.2, 0) is 6.42 Å². The number of aryl methyl sites for hydroxylation is 1. The molecule has 2 aromatic heterocycles. The molecule has 7 nitrogen and oxygen atoms in total. The Morgan fingerprint density at radius 2 is 1.66 bits per heavy atom. The van der Waals surface area contributed by atoms with Crippen LogP contribution in [0.1, 0.15) is 49.9 Å². The Labute approximate surface area is 220 Å². The van der Waals surface area contributed by atoms with Crippen molar-refractivity contribution in [3.05, 3.63) is 65.4 Å². The average Bonchev–Trinajstić information content (AvgIpc) is 3.65. The number of hydrogen-bond donors (Lipinski definition) is 2. The second-order valence-electron chi connectivity index (χ2n) is 10.7.